The first-order valence-corrected chi connectivity index (χ1v) is 38.4. The molecule has 0 spiro atoms. The minimum Gasteiger partial charge on any atom is -0.370 e. The molecule has 17 heteroatoms. The predicted octanol–water partition coefficient (Wildman–Crippen LogP) is 22.9. The van der Waals surface area contributed by atoms with Crippen molar-refractivity contribution in [2.24, 2.45) is 32.5 Å². The molecule has 0 bridgehead atoms. The molecule has 1 aliphatic carbocycles. The largest absolute Gasteiger partial charge is 0.370 e. The van der Waals surface area contributed by atoms with Gasteiger partial charge in [-0.2, -0.15) is 0 Å². The number of anilines is 4. The third-order valence-electron chi connectivity index (χ3n) is 21.2. The monoisotopic (exact) mass is 1520 g/mol. The molecule has 0 radical (unpaired) electrons. The van der Waals surface area contributed by atoms with Crippen LogP contribution in [0.4, 0.5) is 62.3 Å². The maximum absolute atomic E-state index is 13.5. The number of hydrogen-bond donors (Lipinski definition) is 0. The first-order chi connectivity index (χ1) is 51.2. The lowest BCUT2D eigenvalue weighted by atomic mass is 9.82. The molecular weight excluding hydrogens is 1400 g/mol. The van der Waals surface area contributed by atoms with Gasteiger partial charge in [-0.15, -0.1) is 0 Å². The summed E-state index contributed by atoms with van der Waals surface area (Å²) in [7, 11) is 0. The number of nitrogens with zero attached hydrogens (tertiary/aromatic N) is 6. The summed E-state index contributed by atoms with van der Waals surface area (Å²) in [4.78, 5) is 23.8. The lowest BCUT2D eigenvalue weighted by Crippen LogP contribution is -2.59. The Bertz CT molecular complexity index is 4420. The summed E-state index contributed by atoms with van der Waals surface area (Å²) < 4.78 is 123. The summed E-state index contributed by atoms with van der Waals surface area (Å²) in [6.45, 7) is 50.8. The number of carbonyl (C=O) groups excluding carboxylic acids is 1. The molecular formula is C93H115F9N6O2. The van der Waals surface area contributed by atoms with Gasteiger partial charge in [0.2, 0.25) is 5.91 Å². The average molecular weight is 1520 g/mol. The van der Waals surface area contributed by atoms with Crippen molar-refractivity contribution >= 4 is 34.7 Å². The Morgan fingerprint density at radius 3 is 1.20 bits per heavy atom. The predicted molar refractivity (Wildman–Crippen MR) is 432 cm³/mol. The number of ether oxygens (including phenoxy) is 1. The van der Waals surface area contributed by atoms with E-state index in [9.17, 15) is 44.3 Å². The van der Waals surface area contributed by atoms with Crippen LogP contribution >= 0.6 is 0 Å². The molecule has 7 heterocycles. The first kappa shape index (κ1) is 85.6. The highest BCUT2D eigenvalue weighted by atomic mass is 19.2. The zero-order valence-corrected chi connectivity index (χ0v) is 67.9. The quantitative estimate of drug-likeness (QED) is 0.111. The Morgan fingerprint density at radius 1 is 0.355 bits per heavy atom. The Hall–Kier alpha value is -8.38. The van der Waals surface area contributed by atoms with Crippen LogP contribution in [-0.4, -0.2) is 87.7 Å². The van der Waals surface area contributed by atoms with E-state index in [1.54, 1.807) is 13.8 Å². The van der Waals surface area contributed by atoms with Gasteiger partial charge in [-0.3, -0.25) is 14.6 Å². The lowest BCUT2D eigenvalue weighted by Gasteiger charge is -2.47. The molecule has 0 aromatic heterocycles. The Balaban J connectivity index is 0.000000145. The number of fused-ring (bicyclic) bond motifs is 2. The van der Waals surface area contributed by atoms with Crippen LogP contribution in [0.3, 0.4) is 0 Å². The normalized spacial score (nSPS) is 20.0. The smallest absolute Gasteiger partial charge is 0.234 e. The molecule has 0 N–H and O–H groups in total. The van der Waals surface area contributed by atoms with Gasteiger partial charge in [-0.1, -0.05) is 180 Å². The van der Waals surface area contributed by atoms with Gasteiger partial charge in [0.05, 0.1) is 33.7 Å². The molecule has 592 valence electrons. The zero-order chi connectivity index (χ0) is 80.7. The number of hydrogen-bond acceptors (Lipinski definition) is 7. The second kappa shape index (κ2) is 34.3. The molecule has 8 aromatic carbocycles. The number of allylic oxidation sites excluding steroid dienone is 1. The van der Waals surface area contributed by atoms with Crippen LogP contribution in [0.1, 0.15) is 171 Å². The van der Waals surface area contributed by atoms with Crippen LogP contribution in [0.5, 0.6) is 0 Å². The summed E-state index contributed by atoms with van der Waals surface area (Å²) in [6.07, 6.45) is 6.84. The van der Waals surface area contributed by atoms with Crippen molar-refractivity contribution in [2.75, 3.05) is 91.6 Å². The third kappa shape index (κ3) is 23.1. The third-order valence-corrected chi connectivity index (χ3v) is 21.2. The van der Waals surface area contributed by atoms with Gasteiger partial charge >= 0.3 is 0 Å². The molecule has 0 saturated carbocycles. The van der Waals surface area contributed by atoms with E-state index in [0.717, 1.165) is 101 Å². The molecule has 8 nitrogen and oxygen atoms in total. The molecule has 8 aromatic rings. The summed E-state index contributed by atoms with van der Waals surface area (Å²) in [6, 6.07) is 49.0. The molecule has 7 aliphatic heterocycles. The van der Waals surface area contributed by atoms with Crippen molar-refractivity contribution in [3.63, 3.8) is 0 Å². The van der Waals surface area contributed by atoms with Gasteiger partial charge in [0.1, 0.15) is 52.4 Å². The van der Waals surface area contributed by atoms with Gasteiger partial charge in [-0.25, -0.2) is 39.5 Å². The SMILES string of the molecule is CC1(C)C=Cc2ccccc21.CC1(C)CCN(Cc2ccccc2)C1.CC1(C)CCN(c2ccc(F)cc2F)C1.CC1(C)CN(Cc2ccc(F)cc2F)C1.CC1(C)CN(c2ccc(F)cc2)C1.CC1(C)CN(c2ccc(F)cc2F)C1.CC1(C)CN(c2ccc(F)cc2F)C1=O.CC1(C)OC(C)(C)c2ccccc21. The second-order valence-electron chi connectivity index (χ2n) is 36.9. The highest BCUT2D eigenvalue weighted by Gasteiger charge is 2.46. The van der Waals surface area contributed by atoms with Gasteiger partial charge < -0.3 is 24.3 Å². The van der Waals surface area contributed by atoms with E-state index in [4.69, 9.17) is 4.74 Å². The van der Waals surface area contributed by atoms with Crippen molar-refractivity contribution in [3.8, 4) is 0 Å². The fraction of sp³-hybridized carbons (Fsp3) is 0.452. The highest BCUT2D eigenvalue weighted by molar-refractivity contribution is 6.04. The Morgan fingerprint density at radius 2 is 0.764 bits per heavy atom. The molecule has 0 atom stereocenters. The number of amides is 1. The minimum absolute atomic E-state index is 0.131. The van der Waals surface area contributed by atoms with Crippen LogP contribution < -0.4 is 19.6 Å². The standard InChI is InChI=1S/C13H19N.2C12H15F2N.C12H16O.C11H11F2NO.C11H13F2N.C11H14FN.C11H12/c1-13(2)8-9-14(11-13)10-12-6-4-3-5-7-12;1-12(2)7-15(8-12)6-9-3-4-10(13)5-11(9)14;1-12(2)5-6-15(8-12)11-4-3-9(13)7-10(11)14;1-11(2)9-7-5-6-8-10(9)12(3,4)13-11;1-11(2)6-14(10(11)15)9-4-3-7(12)5-8(9)13;1-11(2)6-14(7-11)10-4-3-8(12)5-9(10)13;1-11(2)7-13(8-11)10-5-3-9(12)4-6-10;1-11(2)8-7-9-5-3-4-6-10(9)11/h3-7H,8-11H2,1-2H3;3-5H,6-8H2,1-2H3;3-4,7H,5-6,8H2,1-2H3;5-8H,1-4H3;3-5H,6H2,1-2H3;3-5H,6-7H2,1-2H3;3-6H,7-8H2,1-2H3;3-8H,1-2H3. The first-order valence-electron chi connectivity index (χ1n) is 38.4. The summed E-state index contributed by atoms with van der Waals surface area (Å²) in [5.41, 5.74) is 11.1. The van der Waals surface area contributed by atoms with E-state index >= 15 is 0 Å². The highest BCUT2D eigenvalue weighted by Crippen LogP contribution is 2.47. The maximum atomic E-state index is 13.5. The van der Waals surface area contributed by atoms with Crippen LogP contribution in [-0.2, 0) is 39.2 Å². The van der Waals surface area contributed by atoms with E-state index in [1.165, 1.54) is 107 Å². The van der Waals surface area contributed by atoms with Crippen LogP contribution in [0.15, 0.2) is 182 Å². The van der Waals surface area contributed by atoms with E-state index in [2.05, 4.69) is 216 Å². The minimum atomic E-state index is -0.696. The number of rotatable bonds is 8. The fourth-order valence-corrected chi connectivity index (χ4v) is 15.7. The van der Waals surface area contributed by atoms with Gasteiger partial charge in [0, 0.05) is 119 Å². The summed E-state index contributed by atoms with van der Waals surface area (Å²) in [5.74, 6) is -4.56. The summed E-state index contributed by atoms with van der Waals surface area (Å²) in [5, 5.41) is 0. The lowest BCUT2D eigenvalue weighted by molar-refractivity contribution is -0.132. The number of likely N-dealkylation sites (tertiary alicyclic amines) is 2. The van der Waals surface area contributed by atoms with Crippen molar-refractivity contribution in [2.45, 2.75) is 167 Å². The zero-order valence-electron chi connectivity index (χ0n) is 67.9. The number of halogens is 9. The van der Waals surface area contributed by atoms with Crippen molar-refractivity contribution in [1.82, 2.24) is 9.80 Å². The van der Waals surface area contributed by atoms with Gasteiger partial charge in [0.15, 0.2) is 0 Å². The van der Waals surface area contributed by atoms with Crippen LogP contribution in [0, 0.1) is 84.8 Å². The topological polar surface area (TPSA) is 45.7 Å². The van der Waals surface area contributed by atoms with Crippen molar-refractivity contribution < 1.29 is 49.0 Å². The maximum Gasteiger partial charge on any atom is 0.234 e. The average Bonchev–Trinajstić information content (AvgIpc) is 1.50. The Kier molecular flexibility index (Phi) is 26.7. The van der Waals surface area contributed by atoms with Crippen molar-refractivity contribution in [1.29, 1.82) is 0 Å². The fourth-order valence-electron chi connectivity index (χ4n) is 15.7. The molecule has 1 amide bonds. The number of carbonyl (C=O) groups is 1. The number of β-lactam (4-membered cyclic amide) rings is 1. The molecule has 8 aliphatic rings. The van der Waals surface area contributed by atoms with Crippen LogP contribution in [0.25, 0.3) is 6.08 Å². The van der Waals surface area contributed by atoms with Gasteiger partial charge in [0.25, 0.3) is 0 Å². The molecule has 6 saturated heterocycles. The molecule has 16 rings (SSSR count). The molecule has 0 unspecified atom stereocenters. The van der Waals surface area contributed by atoms with E-state index in [-0.39, 0.29) is 44.9 Å². The molecule has 6 fully saturated rings. The molecule has 110 heavy (non-hydrogen) atoms. The van der Waals surface area contributed by atoms with E-state index < -0.39 is 52.0 Å². The van der Waals surface area contributed by atoms with Crippen molar-refractivity contribution in [3.05, 3.63) is 268 Å². The van der Waals surface area contributed by atoms with E-state index in [1.807, 2.05) is 21.9 Å². The number of benzene rings is 8. The summed E-state index contributed by atoms with van der Waals surface area (Å²) >= 11 is 0. The van der Waals surface area contributed by atoms with Crippen LogP contribution in [0.2, 0.25) is 0 Å². The second-order valence-corrected chi connectivity index (χ2v) is 36.9. The van der Waals surface area contributed by atoms with E-state index in [0.29, 0.717) is 46.3 Å². The Labute approximate surface area is 649 Å². The van der Waals surface area contributed by atoms with Gasteiger partial charge in [-0.05, 0) is 183 Å².